The molecular formula is C19H14F3N5OS. The lowest BCUT2D eigenvalue weighted by Gasteiger charge is -2.10. The van der Waals surface area contributed by atoms with Gasteiger partial charge in [-0.1, -0.05) is 12.1 Å². The van der Waals surface area contributed by atoms with E-state index in [2.05, 4.69) is 25.3 Å². The zero-order chi connectivity index (χ0) is 20.3. The van der Waals surface area contributed by atoms with Crippen LogP contribution in [0, 0.1) is 0 Å². The molecule has 3 aromatic heterocycles. The van der Waals surface area contributed by atoms with E-state index in [9.17, 15) is 13.2 Å². The lowest BCUT2D eigenvalue weighted by Crippen LogP contribution is -2.07. The van der Waals surface area contributed by atoms with Gasteiger partial charge < -0.3 is 10.1 Å². The topological polar surface area (TPSA) is 72.8 Å². The molecular weight excluding hydrogens is 403 g/mol. The first kappa shape index (κ1) is 19.1. The van der Waals surface area contributed by atoms with Crippen molar-refractivity contribution in [3.63, 3.8) is 0 Å². The van der Waals surface area contributed by atoms with Crippen LogP contribution in [0.4, 0.5) is 19.0 Å². The number of alkyl halides is 3. The van der Waals surface area contributed by atoms with Crippen LogP contribution in [0.3, 0.4) is 0 Å². The lowest BCUT2D eigenvalue weighted by molar-refractivity contribution is -0.137. The van der Waals surface area contributed by atoms with Gasteiger partial charge in [-0.3, -0.25) is 0 Å². The Morgan fingerprint density at radius 2 is 1.83 bits per heavy atom. The Morgan fingerprint density at radius 3 is 2.62 bits per heavy atom. The summed E-state index contributed by atoms with van der Waals surface area (Å²) in [5.41, 5.74) is 2.70. The average molecular weight is 417 g/mol. The number of benzene rings is 1. The van der Waals surface area contributed by atoms with E-state index in [4.69, 9.17) is 4.74 Å². The van der Waals surface area contributed by atoms with Gasteiger partial charge in [0.1, 0.15) is 22.4 Å². The quantitative estimate of drug-likeness (QED) is 0.479. The molecule has 0 amide bonds. The number of ether oxygens (including phenoxy) is 1. The highest BCUT2D eigenvalue weighted by atomic mass is 32.1. The van der Waals surface area contributed by atoms with E-state index < -0.39 is 11.7 Å². The lowest BCUT2D eigenvalue weighted by atomic mass is 10.1. The van der Waals surface area contributed by atoms with Gasteiger partial charge in [0, 0.05) is 18.8 Å². The van der Waals surface area contributed by atoms with Crippen LogP contribution in [-0.4, -0.2) is 26.5 Å². The summed E-state index contributed by atoms with van der Waals surface area (Å²) < 4.78 is 43.7. The standard InChI is InChI=1S/C19H14F3N5OS/c20-19(21,22)13-6-8-23-15(9-13)28-14-3-1-12(2-4-14)5-7-24-17-16-18(26-10-25-17)29-11-27-16/h1-4,6,8-11H,5,7H2,(H,24,25,26). The third-order valence-electron chi connectivity index (χ3n) is 4.05. The van der Waals surface area contributed by atoms with Crippen LogP contribution in [0.2, 0.25) is 0 Å². The number of rotatable bonds is 6. The monoisotopic (exact) mass is 417 g/mol. The molecule has 0 unspecified atom stereocenters. The molecule has 1 N–H and O–H groups in total. The normalized spacial score (nSPS) is 11.6. The van der Waals surface area contributed by atoms with Gasteiger partial charge in [0.2, 0.25) is 5.88 Å². The molecule has 0 atom stereocenters. The Hall–Kier alpha value is -3.27. The molecule has 3 heterocycles. The Bertz CT molecular complexity index is 1110. The Morgan fingerprint density at radius 1 is 1.00 bits per heavy atom. The molecule has 1 aromatic carbocycles. The van der Waals surface area contributed by atoms with Crippen LogP contribution in [0.5, 0.6) is 11.6 Å². The van der Waals surface area contributed by atoms with Crippen molar-refractivity contribution in [2.75, 3.05) is 11.9 Å². The fourth-order valence-electron chi connectivity index (χ4n) is 2.64. The third kappa shape index (κ3) is 4.60. The van der Waals surface area contributed by atoms with E-state index >= 15 is 0 Å². The van der Waals surface area contributed by atoms with Crippen molar-refractivity contribution in [1.82, 2.24) is 19.9 Å². The molecule has 10 heteroatoms. The van der Waals surface area contributed by atoms with Crippen LogP contribution in [0.15, 0.2) is 54.4 Å². The summed E-state index contributed by atoms with van der Waals surface area (Å²) in [5, 5.41) is 3.24. The van der Waals surface area contributed by atoms with Crippen LogP contribution < -0.4 is 10.1 Å². The fourth-order valence-corrected chi connectivity index (χ4v) is 3.26. The molecule has 0 spiro atoms. The Labute approximate surface area is 167 Å². The number of nitrogens with one attached hydrogen (secondary N) is 1. The number of thiazole rings is 1. The van der Waals surface area contributed by atoms with Crippen molar-refractivity contribution in [1.29, 1.82) is 0 Å². The van der Waals surface area contributed by atoms with Gasteiger partial charge in [0.15, 0.2) is 5.82 Å². The first-order valence-electron chi connectivity index (χ1n) is 8.57. The van der Waals surface area contributed by atoms with Gasteiger partial charge in [0.25, 0.3) is 0 Å². The van der Waals surface area contributed by atoms with E-state index in [1.54, 1.807) is 17.6 Å². The van der Waals surface area contributed by atoms with Gasteiger partial charge in [-0.25, -0.2) is 19.9 Å². The van der Waals surface area contributed by atoms with Gasteiger partial charge in [-0.05, 0) is 30.2 Å². The molecule has 4 rings (SSSR count). The van der Waals surface area contributed by atoms with Crippen molar-refractivity contribution < 1.29 is 17.9 Å². The summed E-state index contributed by atoms with van der Waals surface area (Å²) in [4.78, 5) is 17.3. The molecule has 0 bridgehead atoms. The summed E-state index contributed by atoms with van der Waals surface area (Å²) in [6, 6.07) is 8.87. The molecule has 0 aliphatic heterocycles. The molecule has 6 nitrogen and oxygen atoms in total. The smallest absolute Gasteiger partial charge is 0.416 e. The fraction of sp³-hybridized carbons (Fsp3) is 0.158. The Balaban J connectivity index is 1.35. The molecule has 0 aliphatic carbocycles. The number of nitrogens with zero attached hydrogens (tertiary/aromatic N) is 4. The second kappa shape index (κ2) is 8.00. The summed E-state index contributed by atoms with van der Waals surface area (Å²) in [6.45, 7) is 0.638. The van der Waals surface area contributed by atoms with Crippen LogP contribution in [0.1, 0.15) is 11.1 Å². The van der Waals surface area contributed by atoms with Gasteiger partial charge in [-0.2, -0.15) is 13.2 Å². The van der Waals surface area contributed by atoms with E-state index in [-0.39, 0.29) is 5.88 Å². The maximum Gasteiger partial charge on any atom is 0.416 e. The van der Waals surface area contributed by atoms with Crippen LogP contribution >= 0.6 is 11.3 Å². The summed E-state index contributed by atoms with van der Waals surface area (Å²) in [5.74, 6) is 0.991. The minimum atomic E-state index is -4.44. The average Bonchev–Trinajstić information content (AvgIpc) is 3.19. The molecule has 0 saturated heterocycles. The largest absolute Gasteiger partial charge is 0.439 e. The summed E-state index contributed by atoms with van der Waals surface area (Å²) in [7, 11) is 0. The second-order valence-corrected chi connectivity index (χ2v) is 6.86. The Kier molecular flexibility index (Phi) is 5.26. The number of anilines is 1. The minimum Gasteiger partial charge on any atom is -0.439 e. The van der Waals surface area contributed by atoms with Gasteiger partial charge in [0.05, 0.1) is 11.1 Å². The van der Waals surface area contributed by atoms with Crippen molar-refractivity contribution >= 4 is 27.5 Å². The molecule has 4 aromatic rings. The molecule has 0 fully saturated rings. The second-order valence-electron chi connectivity index (χ2n) is 6.03. The molecule has 29 heavy (non-hydrogen) atoms. The van der Waals surface area contributed by atoms with Crippen LogP contribution in [0.25, 0.3) is 10.3 Å². The molecule has 0 aliphatic rings. The predicted octanol–water partition coefficient (Wildman–Crippen LogP) is 4.95. The number of aromatic nitrogens is 4. The zero-order valence-electron chi connectivity index (χ0n) is 14.8. The maximum atomic E-state index is 12.8. The molecule has 148 valence electrons. The number of fused-ring (bicyclic) bond motifs is 1. The van der Waals surface area contributed by atoms with Crippen molar-refractivity contribution in [2.24, 2.45) is 0 Å². The van der Waals surface area contributed by atoms with Crippen molar-refractivity contribution in [3.8, 4) is 11.6 Å². The maximum absolute atomic E-state index is 12.8. The highest BCUT2D eigenvalue weighted by Gasteiger charge is 2.31. The van der Waals surface area contributed by atoms with E-state index in [0.29, 0.717) is 18.1 Å². The first-order valence-corrected chi connectivity index (χ1v) is 9.45. The summed E-state index contributed by atoms with van der Waals surface area (Å²) >= 11 is 1.45. The van der Waals surface area contributed by atoms with Crippen molar-refractivity contribution in [3.05, 3.63) is 65.6 Å². The number of pyridine rings is 1. The van der Waals surface area contributed by atoms with E-state index in [1.807, 2.05) is 12.1 Å². The zero-order valence-corrected chi connectivity index (χ0v) is 15.7. The number of hydrogen-bond acceptors (Lipinski definition) is 7. The van der Waals surface area contributed by atoms with Gasteiger partial charge >= 0.3 is 6.18 Å². The summed E-state index contributed by atoms with van der Waals surface area (Å²) in [6.07, 6.45) is -1.15. The highest BCUT2D eigenvalue weighted by molar-refractivity contribution is 7.16. The molecule has 0 radical (unpaired) electrons. The number of halogens is 3. The molecule has 0 saturated carbocycles. The first-order chi connectivity index (χ1) is 14.0. The van der Waals surface area contributed by atoms with Crippen molar-refractivity contribution in [2.45, 2.75) is 12.6 Å². The van der Waals surface area contributed by atoms with Crippen LogP contribution in [-0.2, 0) is 12.6 Å². The van der Waals surface area contributed by atoms with E-state index in [1.165, 1.54) is 17.7 Å². The third-order valence-corrected chi connectivity index (χ3v) is 4.78. The SMILES string of the molecule is FC(F)(F)c1ccnc(Oc2ccc(CCNc3ncnc4scnc34)cc2)c1. The minimum absolute atomic E-state index is 0.106. The van der Waals surface area contributed by atoms with Gasteiger partial charge in [-0.15, -0.1) is 11.3 Å². The highest BCUT2D eigenvalue weighted by Crippen LogP contribution is 2.31. The number of hydrogen-bond donors (Lipinski definition) is 1. The predicted molar refractivity (Wildman–Crippen MR) is 103 cm³/mol. The van der Waals surface area contributed by atoms with E-state index in [0.717, 1.165) is 40.7 Å².